The molecule has 0 unspecified atom stereocenters. The van der Waals surface area contributed by atoms with Crippen molar-refractivity contribution < 1.29 is 0 Å². The Morgan fingerprint density at radius 1 is 1.44 bits per heavy atom. The van der Waals surface area contributed by atoms with Crippen LogP contribution in [0.4, 0.5) is 0 Å². The summed E-state index contributed by atoms with van der Waals surface area (Å²) in [4.78, 5) is 4.36. The molecule has 3 nitrogen and oxygen atoms in total. The maximum absolute atomic E-state index is 9.15. The van der Waals surface area contributed by atoms with Gasteiger partial charge in [-0.25, -0.2) is 4.98 Å². The van der Waals surface area contributed by atoms with E-state index in [-0.39, 0.29) is 0 Å². The molecule has 0 atom stereocenters. The number of aromatic nitrogens is 2. The topological polar surface area (TPSA) is 41.6 Å². The van der Waals surface area contributed by atoms with E-state index in [9.17, 15) is 0 Å². The van der Waals surface area contributed by atoms with Gasteiger partial charge < -0.3 is 4.57 Å². The summed E-state index contributed by atoms with van der Waals surface area (Å²) >= 11 is 3.38. The second-order valence-corrected chi connectivity index (χ2v) is 5.40. The fourth-order valence-electron chi connectivity index (χ4n) is 1.93. The molecule has 92 valence electrons. The first kappa shape index (κ1) is 12.8. The highest BCUT2D eigenvalue weighted by Crippen LogP contribution is 2.19. The molecule has 1 aromatic carbocycles. The number of benzene rings is 1. The number of halogens is 1. The quantitative estimate of drug-likeness (QED) is 0.868. The highest BCUT2D eigenvalue weighted by molar-refractivity contribution is 9.10. The first-order chi connectivity index (χ1) is 8.61. The summed E-state index contributed by atoms with van der Waals surface area (Å²) in [7, 11) is 0. The summed E-state index contributed by atoms with van der Waals surface area (Å²) in [5.41, 5.74) is 1.72. The van der Waals surface area contributed by atoms with Gasteiger partial charge in [-0.05, 0) is 17.7 Å². The van der Waals surface area contributed by atoms with Gasteiger partial charge in [-0.1, -0.05) is 35.8 Å². The Kier molecular flexibility index (Phi) is 3.83. The van der Waals surface area contributed by atoms with E-state index in [2.05, 4.69) is 45.4 Å². The lowest BCUT2D eigenvalue weighted by molar-refractivity contribution is 0.669. The molecular weight excluding hydrogens is 290 g/mol. The minimum atomic E-state index is 0.376. The first-order valence-corrected chi connectivity index (χ1v) is 6.60. The number of hydrogen-bond donors (Lipinski definition) is 0. The molecule has 1 heterocycles. The van der Waals surface area contributed by atoms with Crippen LogP contribution in [0.15, 0.2) is 35.1 Å². The van der Waals surface area contributed by atoms with Gasteiger partial charge in [0.25, 0.3) is 0 Å². The van der Waals surface area contributed by atoms with E-state index in [1.54, 1.807) is 6.20 Å². The average Bonchev–Trinajstić information content (AvgIpc) is 2.79. The third-order valence-corrected chi connectivity index (χ3v) is 3.29. The van der Waals surface area contributed by atoms with Crippen molar-refractivity contribution in [1.82, 2.24) is 9.55 Å². The van der Waals surface area contributed by atoms with Crippen LogP contribution >= 0.6 is 15.9 Å². The number of nitriles is 1. The molecule has 0 N–H and O–H groups in total. The smallest absolute Gasteiger partial charge is 0.111 e. The summed E-state index contributed by atoms with van der Waals surface area (Å²) in [5, 5.41) is 9.15. The van der Waals surface area contributed by atoms with Crippen molar-refractivity contribution in [3.8, 4) is 6.07 Å². The monoisotopic (exact) mass is 303 g/mol. The minimum absolute atomic E-state index is 0.376. The standard InChI is InChI=1S/C14H14BrN3/c1-10(2)14-17-5-6-18(14)9-11-3-4-13(15)7-12(11)8-16/h3-7,10H,9H2,1-2H3. The third kappa shape index (κ3) is 2.62. The number of nitrogens with zero attached hydrogens (tertiary/aromatic N) is 3. The van der Waals surface area contributed by atoms with Crippen LogP contribution in [-0.4, -0.2) is 9.55 Å². The Hall–Kier alpha value is -1.60. The Bertz CT molecular complexity index is 593. The van der Waals surface area contributed by atoms with Crippen molar-refractivity contribution in [3.63, 3.8) is 0 Å². The Morgan fingerprint density at radius 3 is 2.89 bits per heavy atom. The van der Waals surface area contributed by atoms with Gasteiger partial charge in [0.15, 0.2) is 0 Å². The molecule has 0 aliphatic heterocycles. The lowest BCUT2D eigenvalue weighted by atomic mass is 10.1. The normalized spacial score (nSPS) is 10.6. The van der Waals surface area contributed by atoms with Gasteiger partial charge in [-0.3, -0.25) is 0 Å². The van der Waals surface area contributed by atoms with E-state index in [4.69, 9.17) is 5.26 Å². The zero-order chi connectivity index (χ0) is 13.1. The highest BCUT2D eigenvalue weighted by atomic mass is 79.9. The molecule has 0 aliphatic rings. The maximum Gasteiger partial charge on any atom is 0.111 e. The van der Waals surface area contributed by atoms with Crippen LogP contribution < -0.4 is 0 Å². The summed E-state index contributed by atoms with van der Waals surface area (Å²) < 4.78 is 3.02. The van der Waals surface area contributed by atoms with Crippen LogP contribution in [0, 0.1) is 11.3 Å². The summed E-state index contributed by atoms with van der Waals surface area (Å²) in [6, 6.07) is 8.02. The van der Waals surface area contributed by atoms with Crippen molar-refractivity contribution in [2.75, 3.05) is 0 Å². The Labute approximate surface area is 115 Å². The van der Waals surface area contributed by atoms with Gasteiger partial charge in [0.1, 0.15) is 5.82 Å². The fourth-order valence-corrected chi connectivity index (χ4v) is 2.29. The second kappa shape index (κ2) is 5.36. The molecule has 0 radical (unpaired) electrons. The average molecular weight is 304 g/mol. The maximum atomic E-state index is 9.15. The minimum Gasteiger partial charge on any atom is -0.330 e. The number of imidazole rings is 1. The summed E-state index contributed by atoms with van der Waals surface area (Å²) in [5.74, 6) is 1.42. The van der Waals surface area contributed by atoms with Crippen molar-refractivity contribution in [3.05, 3.63) is 52.0 Å². The SMILES string of the molecule is CC(C)c1nccn1Cc1ccc(Br)cc1C#N. The van der Waals surface area contributed by atoms with E-state index in [0.29, 0.717) is 18.0 Å². The van der Waals surface area contributed by atoms with E-state index >= 15 is 0 Å². The molecule has 0 saturated heterocycles. The highest BCUT2D eigenvalue weighted by Gasteiger charge is 2.09. The van der Waals surface area contributed by atoms with Gasteiger partial charge >= 0.3 is 0 Å². The third-order valence-electron chi connectivity index (χ3n) is 2.80. The molecule has 4 heteroatoms. The molecule has 2 rings (SSSR count). The predicted molar refractivity (Wildman–Crippen MR) is 74.3 cm³/mol. The van der Waals surface area contributed by atoms with Gasteiger partial charge in [0.2, 0.25) is 0 Å². The Balaban J connectivity index is 2.35. The molecule has 1 aromatic heterocycles. The van der Waals surface area contributed by atoms with Crippen molar-refractivity contribution in [1.29, 1.82) is 5.26 Å². The first-order valence-electron chi connectivity index (χ1n) is 5.81. The van der Waals surface area contributed by atoms with E-state index < -0.39 is 0 Å². The largest absolute Gasteiger partial charge is 0.330 e. The van der Waals surface area contributed by atoms with Crippen molar-refractivity contribution in [2.24, 2.45) is 0 Å². The van der Waals surface area contributed by atoms with Crippen LogP contribution in [0.3, 0.4) is 0 Å². The van der Waals surface area contributed by atoms with Crippen LogP contribution in [-0.2, 0) is 6.54 Å². The van der Waals surface area contributed by atoms with Gasteiger partial charge in [-0.2, -0.15) is 5.26 Å². The molecule has 0 amide bonds. The molecule has 0 aliphatic carbocycles. The zero-order valence-corrected chi connectivity index (χ0v) is 12.0. The van der Waals surface area contributed by atoms with E-state index in [1.807, 2.05) is 24.4 Å². The molecule has 0 fully saturated rings. The van der Waals surface area contributed by atoms with Crippen molar-refractivity contribution >= 4 is 15.9 Å². The fraction of sp³-hybridized carbons (Fsp3) is 0.286. The van der Waals surface area contributed by atoms with E-state index in [1.165, 1.54) is 0 Å². The molecular formula is C14H14BrN3. The summed E-state index contributed by atoms with van der Waals surface area (Å²) in [6.07, 6.45) is 3.76. The molecule has 0 spiro atoms. The second-order valence-electron chi connectivity index (χ2n) is 4.48. The predicted octanol–water partition coefficient (Wildman–Crippen LogP) is 3.69. The molecule has 18 heavy (non-hydrogen) atoms. The lowest BCUT2D eigenvalue weighted by Crippen LogP contribution is -2.07. The molecule has 2 aromatic rings. The van der Waals surface area contributed by atoms with Crippen molar-refractivity contribution in [2.45, 2.75) is 26.3 Å². The van der Waals surface area contributed by atoms with Gasteiger partial charge in [0, 0.05) is 22.8 Å². The van der Waals surface area contributed by atoms with Crippen LogP contribution in [0.25, 0.3) is 0 Å². The molecule has 0 saturated carbocycles. The van der Waals surface area contributed by atoms with Crippen LogP contribution in [0.5, 0.6) is 0 Å². The molecule has 0 bridgehead atoms. The zero-order valence-electron chi connectivity index (χ0n) is 10.4. The number of rotatable bonds is 3. The van der Waals surface area contributed by atoms with E-state index in [0.717, 1.165) is 15.9 Å². The summed E-state index contributed by atoms with van der Waals surface area (Å²) in [6.45, 7) is 4.92. The number of hydrogen-bond acceptors (Lipinski definition) is 2. The van der Waals surface area contributed by atoms with Crippen LogP contribution in [0.2, 0.25) is 0 Å². The van der Waals surface area contributed by atoms with Gasteiger partial charge in [0.05, 0.1) is 18.2 Å². The Morgan fingerprint density at radius 2 is 2.22 bits per heavy atom. The van der Waals surface area contributed by atoms with Crippen LogP contribution in [0.1, 0.15) is 36.7 Å². The van der Waals surface area contributed by atoms with Gasteiger partial charge in [-0.15, -0.1) is 0 Å². The lowest BCUT2D eigenvalue weighted by Gasteiger charge is -2.11.